The van der Waals surface area contributed by atoms with E-state index < -0.39 is 0 Å². The van der Waals surface area contributed by atoms with Crippen molar-refractivity contribution < 1.29 is 14.3 Å². The Hall–Kier alpha value is -0.570. The molecule has 0 aromatic carbocycles. The highest BCUT2D eigenvalue weighted by Gasteiger charge is 2.37. The molecule has 3 nitrogen and oxygen atoms in total. The van der Waals surface area contributed by atoms with E-state index >= 15 is 0 Å². The quantitative estimate of drug-likeness (QED) is 0.651. The highest BCUT2D eigenvalue weighted by atomic mass is 16.5. The molecule has 1 saturated carbocycles. The maximum Gasteiger partial charge on any atom is 0.308 e. The van der Waals surface area contributed by atoms with Crippen molar-refractivity contribution >= 4 is 5.97 Å². The number of hydrogen-bond donors (Lipinski definition) is 0. The largest absolute Gasteiger partial charge is 0.466 e. The summed E-state index contributed by atoms with van der Waals surface area (Å²) in [5.74, 6) is 0.0817. The second-order valence-corrected chi connectivity index (χ2v) is 5.25. The summed E-state index contributed by atoms with van der Waals surface area (Å²) in [4.78, 5) is 11.7. The molecular weight excluding hydrogens is 228 g/mol. The van der Waals surface area contributed by atoms with E-state index in [2.05, 4.69) is 13.8 Å². The van der Waals surface area contributed by atoms with Crippen LogP contribution in [0.2, 0.25) is 0 Å². The van der Waals surface area contributed by atoms with E-state index in [1.807, 2.05) is 6.92 Å². The molecule has 0 N–H and O–H groups in total. The normalized spacial score (nSPS) is 28.1. The number of carbonyl (C=O) groups excluding carboxylic acids is 1. The van der Waals surface area contributed by atoms with Crippen LogP contribution in [0, 0.1) is 5.92 Å². The van der Waals surface area contributed by atoms with E-state index in [1.165, 1.54) is 12.8 Å². The Labute approximate surface area is 111 Å². The van der Waals surface area contributed by atoms with Gasteiger partial charge in [-0.1, -0.05) is 19.8 Å². The Morgan fingerprint density at radius 3 is 2.33 bits per heavy atom. The number of esters is 1. The van der Waals surface area contributed by atoms with Gasteiger partial charge in [-0.2, -0.15) is 0 Å². The first-order valence-corrected chi connectivity index (χ1v) is 7.48. The Morgan fingerprint density at radius 1 is 1.17 bits per heavy atom. The molecule has 0 bridgehead atoms. The van der Waals surface area contributed by atoms with E-state index in [0.717, 1.165) is 38.7 Å². The van der Waals surface area contributed by atoms with Gasteiger partial charge in [-0.3, -0.25) is 4.79 Å². The van der Waals surface area contributed by atoms with Crippen molar-refractivity contribution in [1.82, 2.24) is 0 Å². The van der Waals surface area contributed by atoms with Crippen LogP contribution < -0.4 is 0 Å². The molecule has 1 rings (SSSR count). The molecule has 0 radical (unpaired) electrons. The van der Waals surface area contributed by atoms with Gasteiger partial charge in [0, 0.05) is 6.61 Å². The van der Waals surface area contributed by atoms with Gasteiger partial charge in [0.25, 0.3) is 0 Å². The molecule has 3 heteroatoms. The van der Waals surface area contributed by atoms with Crippen molar-refractivity contribution in [2.45, 2.75) is 71.3 Å². The summed E-state index contributed by atoms with van der Waals surface area (Å²) in [6.07, 6.45) is 7.40. The zero-order chi connectivity index (χ0) is 13.4. The number of carbonyl (C=O) groups is 1. The average Bonchev–Trinajstić information content (AvgIpc) is 2.38. The summed E-state index contributed by atoms with van der Waals surface area (Å²) in [6, 6.07) is 0. The van der Waals surface area contributed by atoms with Crippen LogP contribution in [0.15, 0.2) is 0 Å². The molecular formula is C15H28O3. The maximum absolute atomic E-state index is 11.7. The van der Waals surface area contributed by atoms with Crippen LogP contribution >= 0.6 is 0 Å². The van der Waals surface area contributed by atoms with Gasteiger partial charge in [0.1, 0.15) is 0 Å². The molecule has 1 aliphatic rings. The van der Waals surface area contributed by atoms with Gasteiger partial charge in [-0.15, -0.1) is 0 Å². The molecule has 1 fully saturated rings. The highest BCUT2D eigenvalue weighted by Crippen LogP contribution is 2.38. The lowest BCUT2D eigenvalue weighted by molar-refractivity contribution is -0.152. The van der Waals surface area contributed by atoms with Crippen molar-refractivity contribution in [3.63, 3.8) is 0 Å². The summed E-state index contributed by atoms with van der Waals surface area (Å²) in [6.45, 7) is 7.40. The topological polar surface area (TPSA) is 35.5 Å². The van der Waals surface area contributed by atoms with Crippen LogP contribution in [-0.4, -0.2) is 24.8 Å². The molecule has 0 atom stereocenters. The fraction of sp³-hybridized carbons (Fsp3) is 0.933. The predicted octanol–water partition coefficient (Wildman–Crippen LogP) is 3.71. The third-order valence-electron chi connectivity index (χ3n) is 3.95. The van der Waals surface area contributed by atoms with Crippen LogP contribution in [0.1, 0.15) is 65.7 Å². The Bertz CT molecular complexity index is 242. The monoisotopic (exact) mass is 256 g/mol. The summed E-state index contributed by atoms with van der Waals surface area (Å²) >= 11 is 0. The minimum atomic E-state index is -0.0157. The number of ether oxygens (including phenoxy) is 2. The van der Waals surface area contributed by atoms with Gasteiger partial charge >= 0.3 is 5.97 Å². The molecule has 0 aliphatic heterocycles. The second-order valence-electron chi connectivity index (χ2n) is 5.25. The van der Waals surface area contributed by atoms with Crippen molar-refractivity contribution in [3.05, 3.63) is 0 Å². The zero-order valence-electron chi connectivity index (χ0n) is 12.2. The number of hydrogen-bond acceptors (Lipinski definition) is 3. The highest BCUT2D eigenvalue weighted by molar-refractivity contribution is 5.72. The van der Waals surface area contributed by atoms with E-state index in [0.29, 0.717) is 6.61 Å². The number of rotatable bonds is 7. The fourth-order valence-corrected chi connectivity index (χ4v) is 2.91. The lowest BCUT2D eigenvalue weighted by Gasteiger charge is -2.39. The second kappa shape index (κ2) is 7.78. The third kappa shape index (κ3) is 4.27. The van der Waals surface area contributed by atoms with Gasteiger partial charge in [0.05, 0.1) is 18.1 Å². The first kappa shape index (κ1) is 15.5. The SMILES string of the molecule is CCCCC1(OCC)CCC(C(=O)OCC)CC1. The minimum Gasteiger partial charge on any atom is -0.466 e. The predicted molar refractivity (Wildman–Crippen MR) is 72.5 cm³/mol. The molecule has 0 unspecified atom stereocenters. The van der Waals surface area contributed by atoms with Crippen LogP contribution in [0.25, 0.3) is 0 Å². The molecule has 0 spiro atoms. The summed E-state index contributed by atoms with van der Waals surface area (Å²) in [5, 5.41) is 0. The van der Waals surface area contributed by atoms with Gasteiger partial charge in [-0.25, -0.2) is 0 Å². The molecule has 1 aliphatic carbocycles. The van der Waals surface area contributed by atoms with Crippen molar-refractivity contribution in [1.29, 1.82) is 0 Å². The molecule has 18 heavy (non-hydrogen) atoms. The number of unbranched alkanes of at least 4 members (excludes halogenated alkanes) is 1. The van der Waals surface area contributed by atoms with Gasteiger partial charge in [-0.05, 0) is 46.0 Å². The fourth-order valence-electron chi connectivity index (χ4n) is 2.91. The molecule has 0 saturated heterocycles. The maximum atomic E-state index is 11.7. The van der Waals surface area contributed by atoms with E-state index in [9.17, 15) is 4.79 Å². The van der Waals surface area contributed by atoms with Crippen LogP contribution in [0.3, 0.4) is 0 Å². The van der Waals surface area contributed by atoms with Crippen LogP contribution in [0.4, 0.5) is 0 Å². The lowest BCUT2D eigenvalue weighted by atomic mass is 9.76. The van der Waals surface area contributed by atoms with Crippen LogP contribution in [0.5, 0.6) is 0 Å². The third-order valence-corrected chi connectivity index (χ3v) is 3.95. The Morgan fingerprint density at radius 2 is 1.83 bits per heavy atom. The van der Waals surface area contributed by atoms with E-state index in [4.69, 9.17) is 9.47 Å². The van der Waals surface area contributed by atoms with Gasteiger partial charge < -0.3 is 9.47 Å². The molecule has 0 aromatic heterocycles. The standard InChI is InChI=1S/C15H28O3/c1-4-7-10-15(18-6-3)11-8-13(9-12-15)14(16)17-5-2/h13H,4-12H2,1-3H3. The van der Waals surface area contributed by atoms with E-state index in [-0.39, 0.29) is 17.5 Å². The lowest BCUT2D eigenvalue weighted by Crippen LogP contribution is -2.39. The minimum absolute atomic E-state index is 0.0157. The molecule has 106 valence electrons. The first-order valence-electron chi connectivity index (χ1n) is 7.48. The summed E-state index contributed by atoms with van der Waals surface area (Å²) < 4.78 is 11.1. The van der Waals surface area contributed by atoms with Gasteiger partial charge in [0.2, 0.25) is 0 Å². The molecule has 0 aromatic rings. The zero-order valence-corrected chi connectivity index (χ0v) is 12.2. The summed E-state index contributed by atoms with van der Waals surface area (Å²) in [7, 11) is 0. The van der Waals surface area contributed by atoms with E-state index in [1.54, 1.807) is 0 Å². The summed E-state index contributed by atoms with van der Waals surface area (Å²) in [5.41, 5.74) is 0.0355. The van der Waals surface area contributed by atoms with Crippen molar-refractivity contribution in [2.75, 3.05) is 13.2 Å². The average molecular weight is 256 g/mol. The molecule has 0 amide bonds. The Kier molecular flexibility index (Phi) is 6.69. The van der Waals surface area contributed by atoms with Crippen molar-refractivity contribution in [3.8, 4) is 0 Å². The van der Waals surface area contributed by atoms with Crippen LogP contribution in [-0.2, 0) is 14.3 Å². The molecule has 0 heterocycles. The van der Waals surface area contributed by atoms with Gasteiger partial charge in [0.15, 0.2) is 0 Å². The van der Waals surface area contributed by atoms with Crippen molar-refractivity contribution in [2.24, 2.45) is 5.92 Å². The smallest absolute Gasteiger partial charge is 0.308 e. The Balaban J connectivity index is 2.48. The first-order chi connectivity index (χ1) is 8.67.